The minimum absolute atomic E-state index is 0.0941. The van der Waals surface area contributed by atoms with Crippen molar-refractivity contribution in [1.82, 2.24) is 20.1 Å². The molecule has 8 nitrogen and oxygen atoms in total. The predicted octanol–water partition coefficient (Wildman–Crippen LogP) is 4.25. The molecular weight excluding hydrogens is 552 g/mol. The van der Waals surface area contributed by atoms with Crippen LogP contribution < -0.4 is 15.0 Å². The minimum Gasteiger partial charge on any atom is -0.492 e. The van der Waals surface area contributed by atoms with Crippen LogP contribution in [-0.2, 0) is 0 Å². The number of anilines is 1. The Bertz CT molecular complexity index is 1360. The van der Waals surface area contributed by atoms with Crippen LogP contribution in [0.4, 0.5) is 14.6 Å². The number of piperidine rings is 1. The maximum atomic E-state index is 14.1. The van der Waals surface area contributed by atoms with E-state index in [1.807, 2.05) is 30.3 Å². The van der Waals surface area contributed by atoms with E-state index in [9.17, 15) is 18.4 Å². The van der Waals surface area contributed by atoms with E-state index in [0.29, 0.717) is 48.7 Å². The van der Waals surface area contributed by atoms with E-state index in [0.717, 1.165) is 56.9 Å². The number of carbonyl (C=O) groups excluding carboxylic acids is 2. The molecule has 11 heteroatoms. The second kappa shape index (κ2) is 13.3. The smallest absolute Gasteiger partial charge is 0.256 e. The number of aromatic nitrogens is 1. The molecule has 2 fully saturated rings. The van der Waals surface area contributed by atoms with Crippen LogP contribution in [-0.4, -0.2) is 85.1 Å². The van der Waals surface area contributed by atoms with Gasteiger partial charge in [-0.3, -0.25) is 14.5 Å². The molecule has 41 heavy (non-hydrogen) atoms. The summed E-state index contributed by atoms with van der Waals surface area (Å²) in [6.45, 7) is 4.84. The van der Waals surface area contributed by atoms with Crippen molar-refractivity contribution in [3.8, 4) is 5.75 Å². The highest BCUT2D eigenvalue weighted by Gasteiger charge is 2.31. The number of para-hydroxylation sites is 1. The fourth-order valence-corrected chi connectivity index (χ4v) is 5.59. The average molecular weight is 584 g/mol. The highest BCUT2D eigenvalue weighted by molar-refractivity contribution is 6.33. The molecule has 1 aromatic heterocycles. The van der Waals surface area contributed by atoms with Gasteiger partial charge in [0, 0.05) is 57.6 Å². The number of halogens is 3. The Kier molecular flexibility index (Phi) is 9.31. The van der Waals surface area contributed by atoms with E-state index >= 15 is 0 Å². The Hall–Kier alpha value is -3.76. The predicted molar refractivity (Wildman–Crippen MR) is 153 cm³/mol. The quantitative estimate of drug-likeness (QED) is 0.400. The molecular formula is C30H32ClF2N5O3. The molecule has 0 spiro atoms. The molecule has 5 rings (SSSR count). The average Bonchev–Trinajstić information content (AvgIpc) is 2.99. The molecule has 2 amide bonds. The van der Waals surface area contributed by atoms with Gasteiger partial charge in [-0.05, 0) is 43.2 Å². The van der Waals surface area contributed by atoms with Crippen molar-refractivity contribution in [2.75, 3.05) is 57.3 Å². The molecule has 0 bridgehead atoms. The summed E-state index contributed by atoms with van der Waals surface area (Å²) >= 11 is 6.54. The fourth-order valence-electron chi connectivity index (χ4n) is 5.31. The van der Waals surface area contributed by atoms with E-state index in [1.54, 1.807) is 11.0 Å². The van der Waals surface area contributed by atoms with E-state index in [4.69, 9.17) is 16.3 Å². The van der Waals surface area contributed by atoms with Crippen molar-refractivity contribution >= 4 is 29.2 Å². The highest BCUT2D eigenvalue weighted by Crippen LogP contribution is 2.27. The monoisotopic (exact) mass is 583 g/mol. The third kappa shape index (κ3) is 7.12. The van der Waals surface area contributed by atoms with Gasteiger partial charge in [-0.25, -0.2) is 13.8 Å². The van der Waals surface area contributed by atoms with Gasteiger partial charge < -0.3 is 19.9 Å². The summed E-state index contributed by atoms with van der Waals surface area (Å²) in [6, 6.07) is 14.4. The molecule has 3 aromatic rings. The number of piperazine rings is 1. The molecule has 3 heterocycles. The summed E-state index contributed by atoms with van der Waals surface area (Å²) in [5.74, 6) is -0.797. The van der Waals surface area contributed by atoms with Gasteiger partial charge in [0.05, 0.1) is 22.7 Å². The first-order chi connectivity index (χ1) is 19.9. The molecule has 2 aromatic carbocycles. The lowest BCUT2D eigenvalue weighted by Crippen LogP contribution is -2.54. The van der Waals surface area contributed by atoms with Crippen molar-refractivity contribution in [2.45, 2.75) is 18.9 Å². The molecule has 0 atom stereocenters. The van der Waals surface area contributed by atoms with E-state index in [-0.39, 0.29) is 11.5 Å². The largest absolute Gasteiger partial charge is 0.492 e. The maximum absolute atomic E-state index is 14.1. The normalized spacial score (nSPS) is 16.5. The SMILES string of the molecule is O=C(NCCOc1ccccc1)c1cnc(N2CCN(C3CCN(C(=O)c4ccc(F)cc4F)CC3)CC2)c(Cl)c1. The van der Waals surface area contributed by atoms with E-state index in [2.05, 4.69) is 20.1 Å². The van der Waals surface area contributed by atoms with Crippen molar-refractivity contribution < 1.29 is 23.1 Å². The van der Waals surface area contributed by atoms with Crippen LogP contribution in [0.3, 0.4) is 0 Å². The standard InChI is InChI=1S/C30H32ClF2N5O3/c31-26-18-21(29(39)34-10-17-41-24-4-2-1-3-5-24)20-35-28(26)37-15-13-36(14-16-37)23-8-11-38(12-9-23)30(40)25-7-6-22(32)19-27(25)33/h1-7,18-20,23H,8-17H2,(H,34,39). The lowest BCUT2D eigenvalue weighted by atomic mass is 10.0. The number of amides is 2. The Labute approximate surface area is 242 Å². The van der Waals surface area contributed by atoms with Crippen LogP contribution in [0, 0.1) is 11.6 Å². The van der Waals surface area contributed by atoms with E-state index in [1.165, 1.54) is 12.3 Å². The molecule has 2 aliphatic rings. The topological polar surface area (TPSA) is 78.0 Å². The summed E-state index contributed by atoms with van der Waals surface area (Å²) in [5.41, 5.74) is 0.294. The van der Waals surface area contributed by atoms with Crippen LogP contribution in [0.25, 0.3) is 0 Å². The summed E-state index contributed by atoms with van der Waals surface area (Å²) in [7, 11) is 0. The number of rotatable bonds is 8. The minimum atomic E-state index is -0.831. The number of benzene rings is 2. The summed E-state index contributed by atoms with van der Waals surface area (Å²) < 4.78 is 32.9. The summed E-state index contributed by atoms with van der Waals surface area (Å²) in [6.07, 6.45) is 3.11. The first kappa shape index (κ1) is 28.8. The number of ether oxygens (including phenoxy) is 1. The van der Waals surface area contributed by atoms with Gasteiger partial charge in [0.25, 0.3) is 11.8 Å². The number of likely N-dealkylation sites (tertiary alicyclic amines) is 1. The summed E-state index contributed by atoms with van der Waals surface area (Å²) in [5, 5.41) is 3.24. The number of pyridine rings is 1. The lowest BCUT2D eigenvalue weighted by molar-refractivity contribution is 0.0606. The first-order valence-corrected chi connectivity index (χ1v) is 14.1. The second-order valence-electron chi connectivity index (χ2n) is 10.1. The third-order valence-corrected chi connectivity index (χ3v) is 7.81. The van der Waals surface area contributed by atoms with Gasteiger partial charge >= 0.3 is 0 Å². The molecule has 2 aliphatic heterocycles. The van der Waals surface area contributed by atoms with Gasteiger partial charge in [-0.1, -0.05) is 29.8 Å². The lowest BCUT2D eigenvalue weighted by Gasteiger charge is -2.43. The zero-order valence-electron chi connectivity index (χ0n) is 22.6. The Balaban J connectivity index is 1.07. The number of nitrogens with one attached hydrogen (secondary N) is 1. The van der Waals surface area contributed by atoms with Gasteiger partial charge in [0.1, 0.15) is 29.8 Å². The Morgan fingerprint density at radius 3 is 2.39 bits per heavy atom. The molecule has 0 radical (unpaired) electrons. The van der Waals surface area contributed by atoms with Gasteiger partial charge in [-0.15, -0.1) is 0 Å². The Morgan fingerprint density at radius 2 is 1.71 bits per heavy atom. The number of hydrogen-bond donors (Lipinski definition) is 1. The van der Waals surface area contributed by atoms with Gasteiger partial charge in [0.2, 0.25) is 0 Å². The zero-order chi connectivity index (χ0) is 28.8. The van der Waals surface area contributed by atoms with Crippen LogP contribution in [0.15, 0.2) is 60.8 Å². The zero-order valence-corrected chi connectivity index (χ0v) is 23.3. The fraction of sp³-hybridized carbons (Fsp3) is 0.367. The number of nitrogens with zero attached hydrogens (tertiary/aromatic N) is 4. The molecule has 0 unspecified atom stereocenters. The Morgan fingerprint density at radius 1 is 0.976 bits per heavy atom. The molecule has 0 saturated carbocycles. The van der Waals surface area contributed by atoms with Crippen molar-refractivity contribution in [3.63, 3.8) is 0 Å². The van der Waals surface area contributed by atoms with E-state index < -0.39 is 17.5 Å². The van der Waals surface area contributed by atoms with Crippen LogP contribution in [0.2, 0.25) is 5.02 Å². The van der Waals surface area contributed by atoms with Crippen LogP contribution >= 0.6 is 11.6 Å². The van der Waals surface area contributed by atoms with Crippen molar-refractivity contribution in [2.24, 2.45) is 0 Å². The third-order valence-electron chi connectivity index (χ3n) is 7.53. The van der Waals surface area contributed by atoms with Crippen molar-refractivity contribution in [1.29, 1.82) is 0 Å². The molecule has 216 valence electrons. The molecule has 2 saturated heterocycles. The first-order valence-electron chi connectivity index (χ1n) is 13.7. The van der Waals surface area contributed by atoms with Crippen LogP contribution in [0.1, 0.15) is 33.6 Å². The second-order valence-corrected chi connectivity index (χ2v) is 10.5. The summed E-state index contributed by atoms with van der Waals surface area (Å²) in [4.78, 5) is 35.9. The number of hydrogen-bond acceptors (Lipinski definition) is 6. The molecule has 1 N–H and O–H groups in total. The van der Waals surface area contributed by atoms with Gasteiger partial charge in [-0.2, -0.15) is 0 Å². The van der Waals surface area contributed by atoms with Crippen molar-refractivity contribution in [3.05, 3.63) is 88.6 Å². The van der Waals surface area contributed by atoms with Crippen LogP contribution in [0.5, 0.6) is 5.75 Å². The highest BCUT2D eigenvalue weighted by atomic mass is 35.5. The maximum Gasteiger partial charge on any atom is 0.256 e. The molecule has 0 aliphatic carbocycles. The van der Waals surface area contributed by atoms with Gasteiger partial charge in [0.15, 0.2) is 0 Å². The number of carbonyl (C=O) groups is 2.